The van der Waals surface area contributed by atoms with Crippen LogP contribution >= 0.6 is 0 Å². The molecular formula is C6H10F2OS. The summed E-state index contributed by atoms with van der Waals surface area (Å²) < 4.78 is 34.3. The van der Waals surface area contributed by atoms with Gasteiger partial charge in [-0.05, 0) is 25.7 Å². The number of rotatable bonds is 2. The van der Waals surface area contributed by atoms with Crippen molar-refractivity contribution in [1.82, 2.24) is 0 Å². The smallest absolute Gasteiger partial charge is 0.397 e. The minimum atomic E-state index is -2.64. The molecule has 0 aromatic carbocycles. The Hall–Kier alpha value is 0.170. The number of halogens is 2. The zero-order valence-corrected chi connectivity index (χ0v) is 6.37. The van der Waals surface area contributed by atoms with E-state index in [9.17, 15) is 13.3 Å². The van der Waals surface area contributed by atoms with Gasteiger partial charge in [0.1, 0.15) is 5.25 Å². The Balaban J connectivity index is 2.32. The lowest BCUT2D eigenvalue weighted by Gasteiger charge is -2.14. The van der Waals surface area contributed by atoms with E-state index in [4.69, 9.17) is 0 Å². The normalized spacial score (nSPS) is 24.0. The molecule has 1 unspecified atom stereocenters. The van der Waals surface area contributed by atoms with E-state index in [0.29, 0.717) is 0 Å². The molecule has 0 aromatic rings. The summed E-state index contributed by atoms with van der Waals surface area (Å²) >= 11 is -1.88. The van der Waals surface area contributed by atoms with Crippen molar-refractivity contribution in [3.8, 4) is 0 Å². The van der Waals surface area contributed by atoms with Crippen molar-refractivity contribution in [1.29, 1.82) is 0 Å². The summed E-state index contributed by atoms with van der Waals surface area (Å²) in [5.74, 6) is -2.64. The largest absolute Gasteiger partial charge is 0.612 e. The van der Waals surface area contributed by atoms with Gasteiger partial charge in [0, 0.05) is 11.2 Å². The summed E-state index contributed by atoms with van der Waals surface area (Å²) in [5.41, 5.74) is 0. The van der Waals surface area contributed by atoms with Gasteiger partial charge in [-0.3, -0.25) is 0 Å². The molecule has 1 aliphatic rings. The first-order chi connectivity index (χ1) is 4.72. The molecule has 0 aromatic heterocycles. The van der Waals surface area contributed by atoms with Gasteiger partial charge < -0.3 is 4.55 Å². The van der Waals surface area contributed by atoms with Crippen molar-refractivity contribution in [3.05, 3.63) is 0 Å². The van der Waals surface area contributed by atoms with Crippen LogP contribution in [0.4, 0.5) is 8.78 Å². The first-order valence-electron chi connectivity index (χ1n) is 3.39. The van der Waals surface area contributed by atoms with Crippen LogP contribution in [0.25, 0.3) is 0 Å². The molecule has 0 spiro atoms. The highest BCUT2D eigenvalue weighted by atomic mass is 32.2. The lowest BCUT2D eigenvalue weighted by Crippen LogP contribution is -2.24. The third-order valence-electron chi connectivity index (χ3n) is 1.81. The molecule has 0 amide bonds. The van der Waals surface area contributed by atoms with Gasteiger partial charge in [0.25, 0.3) is 0 Å². The number of hydrogen-bond acceptors (Lipinski definition) is 1. The Morgan fingerprint density at radius 3 is 2.20 bits per heavy atom. The maximum absolute atomic E-state index is 11.8. The lowest BCUT2D eigenvalue weighted by atomic mass is 10.4. The highest BCUT2D eigenvalue weighted by Gasteiger charge is 2.32. The zero-order valence-electron chi connectivity index (χ0n) is 5.56. The summed E-state index contributed by atoms with van der Waals surface area (Å²) in [6.07, 6.45) is 3.36. The Morgan fingerprint density at radius 2 is 1.80 bits per heavy atom. The molecule has 10 heavy (non-hydrogen) atoms. The molecule has 1 nitrogen and oxygen atoms in total. The summed E-state index contributed by atoms with van der Waals surface area (Å²) in [5, 5.41) is -0.222. The summed E-state index contributed by atoms with van der Waals surface area (Å²) in [4.78, 5) is 0. The van der Waals surface area contributed by atoms with E-state index in [0.717, 1.165) is 25.7 Å². The van der Waals surface area contributed by atoms with Crippen LogP contribution in [0.3, 0.4) is 0 Å². The minimum absolute atomic E-state index is 0.222. The molecule has 1 saturated carbocycles. The van der Waals surface area contributed by atoms with Crippen molar-refractivity contribution < 1.29 is 13.3 Å². The van der Waals surface area contributed by atoms with Gasteiger partial charge in [-0.25, -0.2) is 0 Å². The van der Waals surface area contributed by atoms with Gasteiger partial charge in [0.05, 0.1) is 0 Å². The van der Waals surface area contributed by atoms with Crippen LogP contribution in [-0.2, 0) is 11.2 Å². The maximum Gasteiger partial charge on any atom is 0.397 e. The number of hydrogen-bond donors (Lipinski definition) is 0. The summed E-state index contributed by atoms with van der Waals surface area (Å²) in [7, 11) is 0. The summed E-state index contributed by atoms with van der Waals surface area (Å²) in [6.45, 7) is 0. The molecule has 0 saturated heterocycles. The third kappa shape index (κ3) is 1.83. The van der Waals surface area contributed by atoms with Crippen molar-refractivity contribution in [2.75, 3.05) is 0 Å². The van der Waals surface area contributed by atoms with Crippen molar-refractivity contribution in [2.45, 2.75) is 36.7 Å². The molecule has 4 heteroatoms. The molecule has 1 rings (SSSR count). The van der Waals surface area contributed by atoms with Gasteiger partial charge in [0.15, 0.2) is 0 Å². The van der Waals surface area contributed by atoms with Crippen LogP contribution < -0.4 is 0 Å². The highest BCUT2D eigenvalue weighted by Crippen LogP contribution is 2.27. The van der Waals surface area contributed by atoms with Crippen LogP contribution in [0.2, 0.25) is 0 Å². The van der Waals surface area contributed by atoms with Crippen molar-refractivity contribution >= 4 is 11.2 Å². The fourth-order valence-electron chi connectivity index (χ4n) is 1.27. The van der Waals surface area contributed by atoms with Gasteiger partial charge in [-0.15, -0.1) is 0 Å². The minimum Gasteiger partial charge on any atom is -0.612 e. The summed E-state index contributed by atoms with van der Waals surface area (Å²) in [6, 6.07) is 0. The first-order valence-corrected chi connectivity index (χ1v) is 4.67. The molecule has 0 aliphatic heterocycles. The molecule has 1 aliphatic carbocycles. The van der Waals surface area contributed by atoms with Crippen LogP contribution in [0.15, 0.2) is 0 Å². The highest BCUT2D eigenvalue weighted by molar-refractivity contribution is 7.92. The predicted molar refractivity (Wildman–Crippen MR) is 36.4 cm³/mol. The molecule has 60 valence electrons. The Labute approximate surface area is 62.0 Å². The maximum atomic E-state index is 11.8. The molecule has 0 N–H and O–H groups in total. The fraction of sp³-hybridized carbons (Fsp3) is 1.00. The van der Waals surface area contributed by atoms with E-state index in [1.165, 1.54) is 0 Å². The van der Waals surface area contributed by atoms with Gasteiger partial charge in [-0.2, -0.15) is 8.78 Å². The standard InChI is InChI=1S/C6H10F2OS/c7-6(8)10(9)5-3-1-2-4-5/h5-6H,1-4H2. The molecule has 0 radical (unpaired) electrons. The van der Waals surface area contributed by atoms with E-state index in [-0.39, 0.29) is 5.25 Å². The second kappa shape index (κ2) is 3.53. The molecule has 1 fully saturated rings. The average molecular weight is 168 g/mol. The van der Waals surface area contributed by atoms with E-state index < -0.39 is 16.9 Å². The van der Waals surface area contributed by atoms with E-state index >= 15 is 0 Å². The monoisotopic (exact) mass is 168 g/mol. The van der Waals surface area contributed by atoms with Gasteiger partial charge >= 0.3 is 5.76 Å². The van der Waals surface area contributed by atoms with Crippen LogP contribution in [0.1, 0.15) is 25.7 Å². The fourth-order valence-corrected chi connectivity index (χ4v) is 2.36. The molecule has 0 bridgehead atoms. The topological polar surface area (TPSA) is 23.1 Å². The SMILES string of the molecule is [O-][S+](C(F)F)C1CCCC1. The first kappa shape index (κ1) is 8.27. The van der Waals surface area contributed by atoms with Crippen molar-refractivity contribution in [3.63, 3.8) is 0 Å². The van der Waals surface area contributed by atoms with Crippen molar-refractivity contribution in [2.24, 2.45) is 0 Å². The van der Waals surface area contributed by atoms with E-state index in [1.54, 1.807) is 0 Å². The quantitative estimate of drug-likeness (QED) is 0.577. The van der Waals surface area contributed by atoms with Gasteiger partial charge in [0.2, 0.25) is 0 Å². The second-order valence-corrected chi connectivity index (χ2v) is 4.18. The van der Waals surface area contributed by atoms with Crippen LogP contribution in [0.5, 0.6) is 0 Å². The Morgan fingerprint density at radius 1 is 1.30 bits per heavy atom. The number of alkyl halides is 2. The third-order valence-corrected chi connectivity index (χ3v) is 3.29. The molecule has 0 heterocycles. The van der Waals surface area contributed by atoms with Crippen LogP contribution in [-0.4, -0.2) is 15.6 Å². The Bertz CT molecular complexity index is 104. The average Bonchev–Trinajstić information content (AvgIpc) is 2.36. The molecule has 1 atom stereocenters. The predicted octanol–water partition coefficient (Wildman–Crippen LogP) is 1.90. The second-order valence-electron chi connectivity index (χ2n) is 2.50. The van der Waals surface area contributed by atoms with Crippen LogP contribution in [0, 0.1) is 0 Å². The lowest BCUT2D eigenvalue weighted by molar-refractivity contribution is 0.233. The Kier molecular flexibility index (Phi) is 2.92. The zero-order chi connectivity index (χ0) is 7.56. The van der Waals surface area contributed by atoms with E-state index in [2.05, 4.69) is 0 Å². The van der Waals surface area contributed by atoms with E-state index in [1.807, 2.05) is 0 Å². The van der Waals surface area contributed by atoms with Gasteiger partial charge in [-0.1, -0.05) is 0 Å². The molecular weight excluding hydrogens is 158 g/mol.